The standard InChI is InChI=1S/CH2OS.Na/c1-3-2;/h1H2;/q-1;+1. The fourth-order valence-corrected chi connectivity index (χ4v) is 0. The average molecular weight is 85.1 g/mol. The molecule has 0 aromatic heterocycles. The van der Waals surface area contributed by atoms with Crippen LogP contribution in [0.15, 0.2) is 0 Å². The van der Waals surface area contributed by atoms with Crippen molar-refractivity contribution >= 4 is 11.7 Å². The zero-order valence-electron chi connectivity index (χ0n) is 2.52. The van der Waals surface area contributed by atoms with Gasteiger partial charge in [-0.2, -0.15) is 0 Å². The first kappa shape index (κ1) is 8.94. The quantitative estimate of drug-likeness (QED) is 0.229. The van der Waals surface area contributed by atoms with Gasteiger partial charge in [-0.15, -0.1) is 6.26 Å². The molecule has 0 unspecified atom stereocenters. The van der Waals surface area contributed by atoms with Gasteiger partial charge >= 0.3 is 29.6 Å². The van der Waals surface area contributed by atoms with Crippen LogP contribution in [0, 0.1) is 6.26 Å². The summed E-state index contributed by atoms with van der Waals surface area (Å²) in [7, 11) is 0. The Kier molecular flexibility index (Phi) is 19.9. The first-order chi connectivity index (χ1) is 1.41. The van der Waals surface area contributed by atoms with Crippen LogP contribution in [0.1, 0.15) is 0 Å². The van der Waals surface area contributed by atoms with E-state index in [1.54, 1.807) is 0 Å². The van der Waals surface area contributed by atoms with Crippen LogP contribution in [0.5, 0.6) is 0 Å². The van der Waals surface area contributed by atoms with Crippen molar-refractivity contribution in [2.75, 3.05) is 0 Å². The van der Waals surface area contributed by atoms with Crippen LogP contribution in [-0.2, 0) is 15.9 Å². The van der Waals surface area contributed by atoms with Gasteiger partial charge < -0.3 is 15.9 Å². The normalized spacial score (nSPS) is 4.25. The Labute approximate surface area is 51.6 Å². The van der Waals surface area contributed by atoms with Gasteiger partial charge in [0, 0.05) is 0 Å². The molecular weight excluding hydrogens is 83.1 g/mol. The Hall–Kier alpha value is 1.15. The topological polar surface area (TPSA) is 17.1 Å². The van der Waals surface area contributed by atoms with Crippen molar-refractivity contribution in [2.24, 2.45) is 0 Å². The van der Waals surface area contributed by atoms with Gasteiger partial charge in [-0.1, -0.05) is 0 Å². The van der Waals surface area contributed by atoms with E-state index < -0.39 is 0 Å². The van der Waals surface area contributed by atoms with Crippen molar-refractivity contribution in [3.05, 3.63) is 6.26 Å². The van der Waals surface area contributed by atoms with Crippen LogP contribution in [-0.4, -0.2) is 0 Å². The van der Waals surface area contributed by atoms with Crippen LogP contribution in [0.3, 0.4) is 0 Å². The van der Waals surface area contributed by atoms with E-state index in [9.17, 15) is 0 Å². The summed E-state index contributed by atoms with van der Waals surface area (Å²) in [5.74, 6) is 0. The molecule has 0 atom stereocenters. The van der Waals surface area contributed by atoms with Crippen LogP contribution < -0.4 is 29.6 Å². The largest absolute Gasteiger partial charge is 1.00 e. The molecule has 0 aromatic carbocycles. The van der Waals surface area contributed by atoms with Gasteiger partial charge in [-0.3, -0.25) is 0 Å². The third-order valence-electron chi connectivity index (χ3n) is 0. The zero-order chi connectivity index (χ0) is 2.71. The molecule has 0 fully saturated rings. The van der Waals surface area contributed by atoms with Gasteiger partial charge in [0.05, 0.1) is 0 Å². The third kappa shape index (κ3) is 11.0. The van der Waals surface area contributed by atoms with E-state index >= 15 is 0 Å². The summed E-state index contributed by atoms with van der Waals surface area (Å²) in [6, 6.07) is 0. The molecule has 1 nitrogen and oxygen atoms in total. The first-order valence-corrected chi connectivity index (χ1v) is 1.37. The molecule has 19 valence electrons. The van der Waals surface area contributed by atoms with E-state index in [0.717, 1.165) is 0 Å². The fraction of sp³-hybridized carbons (Fsp3) is 0. The van der Waals surface area contributed by atoms with Crippen molar-refractivity contribution in [3.63, 3.8) is 0 Å². The summed E-state index contributed by atoms with van der Waals surface area (Å²) in [6.07, 6.45) is 2.85. The van der Waals surface area contributed by atoms with Crippen LogP contribution in [0.2, 0.25) is 0 Å². The zero-order valence-corrected chi connectivity index (χ0v) is 5.34. The molecule has 0 aliphatic rings. The molecule has 0 aliphatic carbocycles. The number of rotatable bonds is 0. The van der Waals surface area contributed by atoms with E-state index in [0.29, 0.717) is 0 Å². The van der Waals surface area contributed by atoms with Gasteiger partial charge in [0.25, 0.3) is 0 Å². The molecule has 0 amide bonds. The maximum absolute atomic E-state index is 8.74. The van der Waals surface area contributed by atoms with E-state index in [4.69, 9.17) is 4.21 Å². The molecule has 0 rings (SSSR count). The monoisotopic (exact) mass is 85.0 g/mol. The number of hydrogen-bond donors (Lipinski definition) is 0. The summed E-state index contributed by atoms with van der Waals surface area (Å²) in [4.78, 5) is 0. The van der Waals surface area contributed by atoms with Crippen molar-refractivity contribution in [1.82, 2.24) is 0 Å². The third-order valence-corrected chi connectivity index (χ3v) is 0. The van der Waals surface area contributed by atoms with Crippen LogP contribution in [0.4, 0.5) is 0 Å². The molecular formula is CH2NaOS. The van der Waals surface area contributed by atoms with Gasteiger partial charge in [0.1, 0.15) is 0 Å². The van der Waals surface area contributed by atoms with Crippen LogP contribution >= 0.6 is 0 Å². The summed E-state index contributed by atoms with van der Waals surface area (Å²) >= 11 is 0.250. The van der Waals surface area contributed by atoms with Crippen molar-refractivity contribution < 1.29 is 33.8 Å². The Balaban J connectivity index is 0. The van der Waals surface area contributed by atoms with E-state index in [-0.39, 0.29) is 41.2 Å². The van der Waals surface area contributed by atoms with Gasteiger partial charge in [-0.25, -0.2) is 0 Å². The molecule has 1 radical (unpaired) electrons. The van der Waals surface area contributed by atoms with Gasteiger partial charge in [0.2, 0.25) is 0 Å². The Morgan fingerprint density at radius 2 is 1.75 bits per heavy atom. The summed E-state index contributed by atoms with van der Waals surface area (Å²) < 4.78 is 8.74. The van der Waals surface area contributed by atoms with Gasteiger partial charge in [-0.05, 0) is 0 Å². The smallest absolute Gasteiger partial charge is 0.485 e. The molecule has 0 heterocycles. The SMILES string of the molecule is [CH2][S-]=O.[Na+]. The van der Waals surface area contributed by atoms with E-state index in [2.05, 4.69) is 6.26 Å². The number of hydrogen-bond acceptors (Lipinski definition) is 2. The first-order valence-electron chi connectivity index (χ1n) is 0.455. The molecule has 0 saturated heterocycles. The average Bonchev–Trinajstić information content (AvgIpc) is 0.918. The second-order valence-corrected chi connectivity index (χ2v) is 0.354. The molecule has 0 saturated carbocycles. The molecule has 3 heteroatoms. The molecule has 0 aliphatic heterocycles. The summed E-state index contributed by atoms with van der Waals surface area (Å²) in [6.45, 7) is 0. The minimum absolute atomic E-state index is 0. The Bertz CT molecular complexity index is 15.5. The minimum atomic E-state index is 0. The van der Waals surface area contributed by atoms with Crippen LogP contribution in [0.25, 0.3) is 0 Å². The molecule has 0 aromatic rings. The Morgan fingerprint density at radius 3 is 1.75 bits per heavy atom. The Morgan fingerprint density at radius 1 is 1.75 bits per heavy atom. The van der Waals surface area contributed by atoms with Crippen molar-refractivity contribution in [3.8, 4) is 0 Å². The molecule has 4 heavy (non-hydrogen) atoms. The molecule has 0 N–H and O–H groups in total. The van der Waals surface area contributed by atoms with Crippen molar-refractivity contribution in [1.29, 1.82) is 0 Å². The van der Waals surface area contributed by atoms with E-state index in [1.165, 1.54) is 0 Å². The summed E-state index contributed by atoms with van der Waals surface area (Å²) in [5, 5.41) is 0. The maximum atomic E-state index is 8.74. The van der Waals surface area contributed by atoms with E-state index in [1.807, 2.05) is 0 Å². The molecule has 0 spiro atoms. The fourth-order valence-electron chi connectivity index (χ4n) is 0. The predicted octanol–water partition coefficient (Wildman–Crippen LogP) is -2.79. The second-order valence-electron chi connectivity index (χ2n) is 0.118. The minimum Gasteiger partial charge on any atom is -0.485 e. The van der Waals surface area contributed by atoms with Crippen molar-refractivity contribution in [2.45, 2.75) is 0 Å². The van der Waals surface area contributed by atoms with Gasteiger partial charge in [0.15, 0.2) is 0 Å². The molecule has 0 bridgehead atoms. The maximum Gasteiger partial charge on any atom is 1.00 e. The predicted molar refractivity (Wildman–Crippen MR) is 13.4 cm³/mol. The summed E-state index contributed by atoms with van der Waals surface area (Å²) in [5.41, 5.74) is 0. The second kappa shape index (κ2) is 8.91.